The summed E-state index contributed by atoms with van der Waals surface area (Å²) in [5.41, 5.74) is 0.0522. The highest BCUT2D eigenvalue weighted by Crippen LogP contribution is 2.32. The van der Waals surface area contributed by atoms with Crippen LogP contribution >= 0.6 is 11.6 Å². The van der Waals surface area contributed by atoms with Crippen molar-refractivity contribution in [2.24, 2.45) is 0 Å². The standard InChI is InChI=1S/C23H26ClF3N2O2/c1-3-29(4-2)14-5-15-31-20-11-9-19(10-12-20)28-22(30)13-7-17-6-8-18(16-21(17)24)23(25,26)27/h6-13,16H,3-5,14-15H2,1-2H3,(H,28,30). The molecule has 0 bridgehead atoms. The van der Waals surface area contributed by atoms with Gasteiger partial charge in [0.1, 0.15) is 5.75 Å². The third kappa shape index (κ3) is 8.26. The molecule has 1 N–H and O–H groups in total. The van der Waals surface area contributed by atoms with Crippen molar-refractivity contribution in [3.8, 4) is 5.75 Å². The number of anilines is 1. The van der Waals surface area contributed by atoms with Gasteiger partial charge in [-0.3, -0.25) is 4.79 Å². The van der Waals surface area contributed by atoms with E-state index in [1.165, 1.54) is 18.2 Å². The number of ether oxygens (including phenoxy) is 1. The van der Waals surface area contributed by atoms with Gasteiger partial charge in [0.15, 0.2) is 0 Å². The minimum atomic E-state index is -4.47. The van der Waals surface area contributed by atoms with Gasteiger partial charge in [-0.2, -0.15) is 13.2 Å². The van der Waals surface area contributed by atoms with Crippen LogP contribution in [0.2, 0.25) is 5.02 Å². The number of hydrogen-bond acceptors (Lipinski definition) is 3. The molecule has 0 radical (unpaired) electrons. The minimum absolute atomic E-state index is 0.0821. The molecule has 0 atom stereocenters. The molecule has 0 fully saturated rings. The van der Waals surface area contributed by atoms with Gasteiger partial charge < -0.3 is 15.0 Å². The molecule has 8 heteroatoms. The lowest BCUT2D eigenvalue weighted by Crippen LogP contribution is -2.25. The number of amides is 1. The zero-order chi connectivity index (χ0) is 22.9. The minimum Gasteiger partial charge on any atom is -0.494 e. The number of carbonyl (C=O) groups is 1. The van der Waals surface area contributed by atoms with E-state index in [0.29, 0.717) is 23.6 Å². The SMILES string of the molecule is CCN(CC)CCCOc1ccc(NC(=O)C=Cc2ccc(C(F)(F)F)cc2Cl)cc1. The van der Waals surface area contributed by atoms with Crippen molar-refractivity contribution in [2.45, 2.75) is 26.4 Å². The molecule has 0 saturated heterocycles. The molecule has 4 nitrogen and oxygen atoms in total. The molecular formula is C23H26ClF3N2O2. The average Bonchev–Trinajstić information content (AvgIpc) is 2.73. The Kier molecular flexibility index (Phi) is 9.40. The monoisotopic (exact) mass is 454 g/mol. The topological polar surface area (TPSA) is 41.6 Å². The van der Waals surface area contributed by atoms with Gasteiger partial charge >= 0.3 is 6.18 Å². The van der Waals surface area contributed by atoms with Crippen molar-refractivity contribution in [2.75, 3.05) is 31.6 Å². The summed E-state index contributed by atoms with van der Waals surface area (Å²) in [7, 11) is 0. The quantitative estimate of drug-likeness (QED) is 0.347. The molecule has 0 aliphatic rings. The van der Waals surface area contributed by atoms with Crippen LogP contribution < -0.4 is 10.1 Å². The zero-order valence-electron chi connectivity index (χ0n) is 17.5. The summed E-state index contributed by atoms with van der Waals surface area (Å²) < 4.78 is 43.8. The van der Waals surface area contributed by atoms with E-state index in [4.69, 9.17) is 16.3 Å². The van der Waals surface area contributed by atoms with Crippen molar-refractivity contribution < 1.29 is 22.7 Å². The Bertz CT molecular complexity index is 879. The second-order valence-electron chi connectivity index (χ2n) is 6.81. The lowest BCUT2D eigenvalue weighted by Gasteiger charge is -2.17. The Morgan fingerprint density at radius 3 is 2.39 bits per heavy atom. The second kappa shape index (κ2) is 11.8. The third-order valence-corrected chi connectivity index (χ3v) is 4.97. The smallest absolute Gasteiger partial charge is 0.416 e. The van der Waals surface area contributed by atoms with E-state index in [9.17, 15) is 18.0 Å². The highest BCUT2D eigenvalue weighted by Gasteiger charge is 2.30. The fraction of sp³-hybridized carbons (Fsp3) is 0.348. The summed E-state index contributed by atoms with van der Waals surface area (Å²) in [6.45, 7) is 7.89. The third-order valence-electron chi connectivity index (χ3n) is 4.65. The van der Waals surface area contributed by atoms with Crippen molar-refractivity contribution in [3.05, 3.63) is 64.7 Å². The number of halogens is 4. The number of nitrogens with one attached hydrogen (secondary N) is 1. The van der Waals surface area contributed by atoms with Gasteiger partial charge in [0.05, 0.1) is 12.2 Å². The molecule has 0 aliphatic carbocycles. The molecule has 168 valence electrons. The van der Waals surface area contributed by atoms with Crippen LogP contribution in [0, 0.1) is 0 Å². The summed E-state index contributed by atoms with van der Waals surface area (Å²) >= 11 is 5.88. The number of alkyl halides is 3. The van der Waals surface area contributed by atoms with Crippen LogP contribution in [0.15, 0.2) is 48.5 Å². The van der Waals surface area contributed by atoms with E-state index >= 15 is 0 Å². The van der Waals surface area contributed by atoms with Crippen LogP contribution in [0.4, 0.5) is 18.9 Å². The Labute approximate surface area is 185 Å². The van der Waals surface area contributed by atoms with Crippen molar-refractivity contribution >= 4 is 29.3 Å². The van der Waals surface area contributed by atoms with Gasteiger partial charge in [-0.15, -0.1) is 0 Å². The first kappa shape index (κ1) is 24.8. The lowest BCUT2D eigenvalue weighted by atomic mass is 10.1. The molecule has 0 aliphatic heterocycles. The first-order valence-electron chi connectivity index (χ1n) is 10.0. The predicted molar refractivity (Wildman–Crippen MR) is 118 cm³/mol. The fourth-order valence-corrected chi connectivity index (χ4v) is 3.08. The van der Waals surface area contributed by atoms with Crippen LogP contribution in [0.3, 0.4) is 0 Å². The van der Waals surface area contributed by atoms with Crippen molar-refractivity contribution in [1.29, 1.82) is 0 Å². The zero-order valence-corrected chi connectivity index (χ0v) is 18.3. The molecule has 0 saturated carbocycles. The van der Waals surface area contributed by atoms with Gasteiger partial charge in [-0.1, -0.05) is 31.5 Å². The van der Waals surface area contributed by atoms with E-state index in [-0.39, 0.29) is 5.02 Å². The largest absolute Gasteiger partial charge is 0.494 e. The van der Waals surface area contributed by atoms with Crippen LogP contribution in [0.1, 0.15) is 31.4 Å². The molecule has 0 aromatic heterocycles. The molecule has 31 heavy (non-hydrogen) atoms. The Balaban J connectivity index is 1.84. The van der Waals surface area contributed by atoms with E-state index in [0.717, 1.165) is 38.2 Å². The maximum absolute atomic E-state index is 12.7. The molecular weight excluding hydrogens is 429 g/mol. The molecule has 2 aromatic carbocycles. The molecule has 0 unspecified atom stereocenters. The summed E-state index contributed by atoms with van der Waals surface area (Å²) in [5.74, 6) is 0.286. The van der Waals surface area contributed by atoms with E-state index < -0.39 is 17.6 Å². The summed E-state index contributed by atoms with van der Waals surface area (Å²) in [6.07, 6.45) is -0.959. The first-order chi connectivity index (χ1) is 14.7. The lowest BCUT2D eigenvalue weighted by molar-refractivity contribution is -0.137. The Morgan fingerprint density at radius 1 is 1.13 bits per heavy atom. The van der Waals surface area contributed by atoms with E-state index in [1.807, 2.05) is 0 Å². The van der Waals surface area contributed by atoms with Crippen molar-refractivity contribution in [3.63, 3.8) is 0 Å². The molecule has 2 rings (SSSR count). The highest BCUT2D eigenvalue weighted by atomic mass is 35.5. The number of carbonyl (C=O) groups excluding carboxylic acids is 1. The summed E-state index contributed by atoms with van der Waals surface area (Å²) in [5, 5.41) is 2.60. The maximum atomic E-state index is 12.7. The van der Waals surface area contributed by atoms with Crippen LogP contribution in [-0.4, -0.2) is 37.0 Å². The number of nitrogens with zero attached hydrogens (tertiary/aromatic N) is 1. The summed E-state index contributed by atoms with van der Waals surface area (Å²) in [6, 6.07) is 9.95. The maximum Gasteiger partial charge on any atom is 0.416 e. The van der Waals surface area contributed by atoms with Crippen LogP contribution in [0.25, 0.3) is 6.08 Å². The van der Waals surface area contributed by atoms with Gasteiger partial charge in [-0.05, 0) is 67.5 Å². The van der Waals surface area contributed by atoms with E-state index in [1.54, 1.807) is 24.3 Å². The van der Waals surface area contributed by atoms with Gasteiger partial charge in [-0.25, -0.2) is 0 Å². The molecule has 0 heterocycles. The predicted octanol–water partition coefficient (Wildman–Crippen LogP) is 6.12. The molecule has 2 aromatic rings. The van der Waals surface area contributed by atoms with Gasteiger partial charge in [0.25, 0.3) is 0 Å². The number of benzene rings is 2. The number of rotatable bonds is 10. The first-order valence-corrected chi connectivity index (χ1v) is 10.4. The van der Waals surface area contributed by atoms with E-state index in [2.05, 4.69) is 24.1 Å². The highest BCUT2D eigenvalue weighted by molar-refractivity contribution is 6.32. The second-order valence-corrected chi connectivity index (χ2v) is 7.22. The van der Waals surface area contributed by atoms with Gasteiger partial charge in [0, 0.05) is 23.3 Å². The molecule has 0 spiro atoms. The molecule has 1 amide bonds. The summed E-state index contributed by atoms with van der Waals surface area (Å²) in [4.78, 5) is 14.4. The Hall–Kier alpha value is -2.51. The van der Waals surface area contributed by atoms with Crippen molar-refractivity contribution in [1.82, 2.24) is 4.90 Å². The normalized spacial score (nSPS) is 11.8. The Morgan fingerprint density at radius 2 is 1.81 bits per heavy atom. The van der Waals surface area contributed by atoms with Crippen LogP contribution in [-0.2, 0) is 11.0 Å². The average molecular weight is 455 g/mol. The fourth-order valence-electron chi connectivity index (χ4n) is 2.84. The van der Waals surface area contributed by atoms with Gasteiger partial charge in [0.2, 0.25) is 5.91 Å². The number of hydrogen-bond donors (Lipinski definition) is 1. The van der Waals surface area contributed by atoms with Crippen LogP contribution in [0.5, 0.6) is 5.75 Å².